The van der Waals surface area contributed by atoms with Crippen molar-refractivity contribution in [1.82, 2.24) is 4.90 Å². The summed E-state index contributed by atoms with van der Waals surface area (Å²) in [7, 11) is 1.81. The highest BCUT2D eigenvalue weighted by Gasteiger charge is 2.36. The number of hydrogen-bond donors (Lipinski definition) is 3. The summed E-state index contributed by atoms with van der Waals surface area (Å²) in [5.41, 5.74) is 0. The highest BCUT2D eigenvalue weighted by Crippen LogP contribution is 2.16. The Kier molecular flexibility index (Phi) is 2.49. The quantitative estimate of drug-likeness (QED) is 0.400. The second kappa shape index (κ2) is 3.06. The number of likely N-dealkylation sites (tertiary alicyclic amines) is 1. The van der Waals surface area contributed by atoms with Crippen LogP contribution in [0.25, 0.3) is 0 Å². The molecule has 1 rings (SSSR count). The summed E-state index contributed by atoms with van der Waals surface area (Å²) in [6.07, 6.45) is -2.67. The van der Waals surface area contributed by atoms with E-state index in [0.717, 1.165) is 0 Å². The van der Waals surface area contributed by atoms with Crippen LogP contribution in [0.15, 0.2) is 0 Å². The summed E-state index contributed by atoms with van der Waals surface area (Å²) in [4.78, 5) is 1.82. The normalized spacial score (nSPS) is 47.7. The zero-order valence-corrected chi connectivity index (χ0v) is 6.81. The molecule has 66 valence electrons. The molecule has 0 aromatic rings. The largest absolute Gasteiger partial charge is 0.389 e. The highest BCUT2D eigenvalue weighted by molar-refractivity contribution is 4.90. The third-order valence-corrected chi connectivity index (χ3v) is 2.41. The molecule has 2 unspecified atom stereocenters. The molecule has 0 saturated carbocycles. The molecule has 1 aliphatic rings. The first kappa shape index (κ1) is 8.93. The van der Waals surface area contributed by atoms with Gasteiger partial charge < -0.3 is 15.3 Å². The van der Waals surface area contributed by atoms with E-state index in [2.05, 4.69) is 0 Å². The van der Waals surface area contributed by atoms with E-state index in [4.69, 9.17) is 0 Å². The van der Waals surface area contributed by atoms with E-state index >= 15 is 0 Å². The predicted molar refractivity (Wildman–Crippen MR) is 40.1 cm³/mol. The number of rotatable bonds is 0. The Morgan fingerprint density at radius 3 is 2.27 bits per heavy atom. The van der Waals surface area contributed by atoms with Gasteiger partial charge in [-0.05, 0) is 14.0 Å². The number of aliphatic hydroxyl groups is 3. The molecule has 1 aliphatic heterocycles. The summed E-state index contributed by atoms with van der Waals surface area (Å²) < 4.78 is 0. The van der Waals surface area contributed by atoms with Gasteiger partial charge in [0.05, 0.1) is 12.2 Å². The molecule has 3 N–H and O–H groups in total. The third kappa shape index (κ3) is 1.54. The lowest BCUT2D eigenvalue weighted by molar-refractivity contribution is -0.127. The molecule has 0 aliphatic carbocycles. The minimum Gasteiger partial charge on any atom is -0.389 e. The molecular formula is C7H15NO3. The first-order chi connectivity index (χ1) is 5.04. The summed E-state index contributed by atoms with van der Waals surface area (Å²) in [5, 5.41) is 27.7. The van der Waals surface area contributed by atoms with Crippen molar-refractivity contribution >= 4 is 0 Å². The molecule has 11 heavy (non-hydrogen) atoms. The molecule has 0 radical (unpaired) electrons. The van der Waals surface area contributed by atoms with Crippen LogP contribution in [-0.2, 0) is 0 Å². The molecule has 0 aromatic heterocycles. The van der Waals surface area contributed by atoms with Gasteiger partial charge in [0.15, 0.2) is 0 Å². The van der Waals surface area contributed by atoms with E-state index < -0.39 is 18.3 Å². The van der Waals surface area contributed by atoms with Gasteiger partial charge >= 0.3 is 0 Å². The molecule has 4 heteroatoms. The fourth-order valence-corrected chi connectivity index (χ4v) is 1.34. The van der Waals surface area contributed by atoms with Crippen LogP contribution in [0.1, 0.15) is 6.92 Å². The Morgan fingerprint density at radius 1 is 1.18 bits per heavy atom. The fraction of sp³-hybridized carbons (Fsp3) is 1.00. The van der Waals surface area contributed by atoms with E-state index in [-0.39, 0.29) is 6.04 Å². The van der Waals surface area contributed by atoms with Crippen molar-refractivity contribution in [3.8, 4) is 0 Å². The molecule has 0 amide bonds. The lowest BCUT2D eigenvalue weighted by atomic mass is 9.96. The van der Waals surface area contributed by atoms with Gasteiger partial charge in [-0.3, -0.25) is 4.90 Å². The van der Waals surface area contributed by atoms with Crippen LogP contribution < -0.4 is 0 Å². The van der Waals surface area contributed by atoms with Gasteiger partial charge in [0, 0.05) is 12.6 Å². The first-order valence-electron chi connectivity index (χ1n) is 3.78. The number of piperidine rings is 1. The fourth-order valence-electron chi connectivity index (χ4n) is 1.34. The van der Waals surface area contributed by atoms with Crippen molar-refractivity contribution in [2.75, 3.05) is 13.6 Å². The van der Waals surface area contributed by atoms with Gasteiger partial charge in [0.25, 0.3) is 0 Å². The van der Waals surface area contributed by atoms with Crippen molar-refractivity contribution in [1.29, 1.82) is 0 Å². The zero-order valence-electron chi connectivity index (χ0n) is 6.81. The Hall–Kier alpha value is -0.160. The van der Waals surface area contributed by atoms with Gasteiger partial charge in [-0.2, -0.15) is 0 Å². The summed E-state index contributed by atoms with van der Waals surface area (Å²) in [6, 6.07) is -0.0894. The third-order valence-electron chi connectivity index (χ3n) is 2.41. The molecule has 4 atom stereocenters. The molecule has 0 aromatic carbocycles. The molecule has 1 saturated heterocycles. The summed E-state index contributed by atoms with van der Waals surface area (Å²) in [6.45, 7) is 2.24. The molecule has 0 spiro atoms. The topological polar surface area (TPSA) is 63.9 Å². The Labute approximate surface area is 66.1 Å². The number of β-amino-alcohol motifs (C(OH)–C–C–N with tert-alkyl or cyclic N) is 1. The molecule has 0 bridgehead atoms. The first-order valence-corrected chi connectivity index (χ1v) is 3.78. The minimum absolute atomic E-state index is 0.0894. The van der Waals surface area contributed by atoms with Gasteiger partial charge in [-0.15, -0.1) is 0 Å². The molecular weight excluding hydrogens is 146 g/mol. The summed E-state index contributed by atoms with van der Waals surface area (Å²) in [5.74, 6) is 0. The van der Waals surface area contributed by atoms with E-state index in [9.17, 15) is 15.3 Å². The minimum atomic E-state index is -0.999. The Balaban J connectivity index is 2.63. The monoisotopic (exact) mass is 161 g/mol. The van der Waals surface area contributed by atoms with Crippen LogP contribution in [0.3, 0.4) is 0 Å². The smallest absolute Gasteiger partial charge is 0.108 e. The average Bonchev–Trinajstić information content (AvgIpc) is 1.97. The lowest BCUT2D eigenvalue weighted by Crippen LogP contribution is -2.58. The summed E-state index contributed by atoms with van der Waals surface area (Å²) >= 11 is 0. The van der Waals surface area contributed by atoms with Gasteiger partial charge in [0.2, 0.25) is 0 Å². The average molecular weight is 161 g/mol. The second-order valence-corrected chi connectivity index (χ2v) is 3.23. The standard InChI is InChI=1S/C7H15NO3/c1-4-6(10)7(11)5(9)3-8(4)2/h4-7,9-11H,3H2,1-2H3/t4?,5-,6-,7?/m0/s1. The van der Waals surface area contributed by atoms with Crippen LogP contribution >= 0.6 is 0 Å². The van der Waals surface area contributed by atoms with E-state index in [1.165, 1.54) is 0 Å². The second-order valence-electron chi connectivity index (χ2n) is 3.23. The number of hydrogen-bond acceptors (Lipinski definition) is 4. The van der Waals surface area contributed by atoms with Crippen molar-refractivity contribution in [3.05, 3.63) is 0 Å². The van der Waals surface area contributed by atoms with Crippen LogP contribution in [0.5, 0.6) is 0 Å². The van der Waals surface area contributed by atoms with Gasteiger partial charge in [0.1, 0.15) is 6.10 Å². The number of aliphatic hydroxyl groups excluding tert-OH is 3. The van der Waals surface area contributed by atoms with E-state index in [0.29, 0.717) is 6.54 Å². The maximum Gasteiger partial charge on any atom is 0.108 e. The Bertz CT molecular complexity index is 128. The van der Waals surface area contributed by atoms with Gasteiger partial charge in [-0.1, -0.05) is 0 Å². The molecule has 1 heterocycles. The van der Waals surface area contributed by atoms with Crippen molar-refractivity contribution in [2.24, 2.45) is 0 Å². The maximum atomic E-state index is 9.34. The number of nitrogens with zero attached hydrogens (tertiary/aromatic N) is 1. The SMILES string of the molecule is CC1[C@H](O)C(O)[C@@H](O)CN1C. The van der Waals surface area contributed by atoms with Gasteiger partial charge in [-0.25, -0.2) is 0 Å². The van der Waals surface area contributed by atoms with Crippen molar-refractivity contribution in [2.45, 2.75) is 31.3 Å². The van der Waals surface area contributed by atoms with Crippen LogP contribution in [0, 0.1) is 0 Å². The van der Waals surface area contributed by atoms with Crippen molar-refractivity contribution in [3.63, 3.8) is 0 Å². The van der Waals surface area contributed by atoms with Crippen LogP contribution in [0.4, 0.5) is 0 Å². The van der Waals surface area contributed by atoms with E-state index in [1.54, 1.807) is 0 Å². The van der Waals surface area contributed by atoms with Crippen LogP contribution in [-0.4, -0.2) is 58.2 Å². The van der Waals surface area contributed by atoms with Crippen molar-refractivity contribution < 1.29 is 15.3 Å². The molecule has 4 nitrogen and oxygen atoms in total. The van der Waals surface area contributed by atoms with Crippen LogP contribution in [0.2, 0.25) is 0 Å². The number of likely N-dealkylation sites (N-methyl/N-ethyl adjacent to an activating group) is 1. The van der Waals surface area contributed by atoms with E-state index in [1.807, 2.05) is 18.9 Å². The Morgan fingerprint density at radius 2 is 1.73 bits per heavy atom. The highest BCUT2D eigenvalue weighted by atomic mass is 16.4. The predicted octanol–water partition coefficient (Wildman–Crippen LogP) is -1.60. The zero-order chi connectivity index (χ0) is 8.59. The maximum absolute atomic E-state index is 9.34. The lowest BCUT2D eigenvalue weighted by Gasteiger charge is -2.40. The molecule has 1 fully saturated rings.